The number of nitriles is 2. The Labute approximate surface area is 136 Å². The standard InChI is InChI=1S/C20H8N4/c21-9-15-16(10-22)24-20-14-6-2-4-12-8-7-11-3-1-5-13(19(20)23-15)17(11)18(12)14/h1-8H. The Hall–Kier alpha value is -3.76. The Bertz CT molecular complexity index is 1260. The van der Waals surface area contributed by atoms with E-state index in [1.165, 1.54) is 0 Å². The topological polar surface area (TPSA) is 73.4 Å². The maximum Gasteiger partial charge on any atom is 0.177 e. The predicted octanol–water partition coefficient (Wildman–Crippen LogP) is 4.27. The van der Waals surface area contributed by atoms with Gasteiger partial charge in [0.2, 0.25) is 0 Å². The second-order valence-electron chi connectivity index (χ2n) is 5.71. The normalized spacial score (nSPS) is 11.2. The van der Waals surface area contributed by atoms with Crippen molar-refractivity contribution in [3.8, 4) is 12.1 Å². The first-order chi connectivity index (χ1) is 11.8. The fraction of sp³-hybridized carbons (Fsp3) is 0. The summed E-state index contributed by atoms with van der Waals surface area (Å²) in [4.78, 5) is 8.93. The van der Waals surface area contributed by atoms with Gasteiger partial charge in [-0.2, -0.15) is 10.5 Å². The molecule has 4 heteroatoms. The van der Waals surface area contributed by atoms with Crippen LogP contribution in [-0.2, 0) is 0 Å². The lowest BCUT2D eigenvalue weighted by Gasteiger charge is -2.13. The van der Waals surface area contributed by atoms with Crippen molar-refractivity contribution in [2.45, 2.75) is 0 Å². The third-order valence-corrected chi connectivity index (χ3v) is 4.50. The summed E-state index contributed by atoms with van der Waals surface area (Å²) >= 11 is 0. The predicted molar refractivity (Wildman–Crippen MR) is 92.7 cm³/mol. The van der Waals surface area contributed by atoms with E-state index < -0.39 is 0 Å². The van der Waals surface area contributed by atoms with Gasteiger partial charge in [-0.25, -0.2) is 9.97 Å². The molecule has 0 atom stereocenters. The molecule has 5 rings (SSSR count). The van der Waals surface area contributed by atoms with Gasteiger partial charge in [-0.15, -0.1) is 0 Å². The average molecular weight is 304 g/mol. The number of hydrogen-bond acceptors (Lipinski definition) is 4. The Morgan fingerprint density at radius 3 is 1.50 bits per heavy atom. The average Bonchev–Trinajstić information content (AvgIpc) is 2.65. The maximum atomic E-state index is 9.29. The first-order valence-corrected chi connectivity index (χ1v) is 7.49. The van der Waals surface area contributed by atoms with E-state index >= 15 is 0 Å². The molecular weight excluding hydrogens is 296 g/mol. The van der Waals surface area contributed by atoms with Crippen LogP contribution in [0.5, 0.6) is 0 Å². The molecule has 0 unspecified atom stereocenters. The van der Waals surface area contributed by atoms with E-state index in [9.17, 15) is 10.5 Å². The number of nitrogens with zero attached hydrogens (tertiary/aromatic N) is 4. The minimum absolute atomic E-state index is 0.0693. The molecule has 0 aliphatic carbocycles. The molecule has 5 aromatic rings. The van der Waals surface area contributed by atoms with Gasteiger partial charge in [0, 0.05) is 10.8 Å². The van der Waals surface area contributed by atoms with Crippen molar-refractivity contribution < 1.29 is 0 Å². The van der Waals surface area contributed by atoms with Crippen LogP contribution < -0.4 is 0 Å². The number of fused-ring (bicyclic) bond motifs is 3. The molecule has 0 amide bonds. The molecule has 0 N–H and O–H groups in total. The molecule has 0 bridgehead atoms. The lowest BCUT2D eigenvalue weighted by molar-refractivity contribution is 1.21. The third-order valence-electron chi connectivity index (χ3n) is 4.50. The van der Waals surface area contributed by atoms with Crippen LogP contribution in [0.15, 0.2) is 48.5 Å². The van der Waals surface area contributed by atoms with Crippen LogP contribution >= 0.6 is 0 Å². The lowest BCUT2D eigenvalue weighted by Crippen LogP contribution is -1.98. The number of rotatable bonds is 0. The van der Waals surface area contributed by atoms with Crippen molar-refractivity contribution in [1.29, 1.82) is 10.5 Å². The Morgan fingerprint density at radius 2 is 1.08 bits per heavy atom. The van der Waals surface area contributed by atoms with Gasteiger partial charge in [-0.1, -0.05) is 48.5 Å². The highest BCUT2D eigenvalue weighted by Crippen LogP contribution is 2.39. The summed E-state index contributed by atoms with van der Waals surface area (Å²) in [5, 5.41) is 25.0. The second-order valence-corrected chi connectivity index (χ2v) is 5.71. The first kappa shape index (κ1) is 12.8. The molecule has 0 aliphatic rings. The molecule has 24 heavy (non-hydrogen) atoms. The number of hydrogen-bond donors (Lipinski definition) is 0. The summed E-state index contributed by atoms with van der Waals surface area (Å²) in [6.07, 6.45) is 0. The molecular formula is C20H8N4. The molecule has 1 heterocycles. The fourth-order valence-corrected chi connectivity index (χ4v) is 3.52. The second kappa shape index (κ2) is 4.38. The monoisotopic (exact) mass is 304 g/mol. The summed E-state index contributed by atoms with van der Waals surface area (Å²) in [7, 11) is 0. The van der Waals surface area contributed by atoms with Crippen LogP contribution in [0.4, 0.5) is 0 Å². The molecule has 1 aromatic heterocycles. The van der Waals surface area contributed by atoms with Crippen molar-refractivity contribution in [3.63, 3.8) is 0 Å². The summed E-state index contributed by atoms with van der Waals surface area (Å²) in [6.45, 7) is 0. The highest BCUT2D eigenvalue weighted by Gasteiger charge is 2.17. The molecule has 0 fully saturated rings. The van der Waals surface area contributed by atoms with Crippen molar-refractivity contribution in [2.75, 3.05) is 0 Å². The fourth-order valence-electron chi connectivity index (χ4n) is 3.52. The van der Waals surface area contributed by atoms with E-state index in [-0.39, 0.29) is 11.4 Å². The molecule has 0 spiro atoms. The molecule has 0 radical (unpaired) electrons. The zero-order valence-corrected chi connectivity index (χ0v) is 12.4. The summed E-state index contributed by atoms with van der Waals surface area (Å²) in [6, 6.07) is 20.3. The minimum Gasteiger partial charge on any atom is -0.232 e. The van der Waals surface area contributed by atoms with E-state index in [4.69, 9.17) is 0 Å². The van der Waals surface area contributed by atoms with Crippen molar-refractivity contribution in [2.24, 2.45) is 0 Å². The van der Waals surface area contributed by atoms with Crippen molar-refractivity contribution in [3.05, 3.63) is 59.9 Å². The molecule has 108 valence electrons. The van der Waals surface area contributed by atoms with Crippen molar-refractivity contribution >= 4 is 43.4 Å². The number of benzene rings is 4. The number of aromatic nitrogens is 2. The van der Waals surface area contributed by atoms with Crippen LogP contribution in [0, 0.1) is 22.7 Å². The first-order valence-electron chi connectivity index (χ1n) is 7.49. The largest absolute Gasteiger partial charge is 0.232 e. The van der Waals surface area contributed by atoms with Gasteiger partial charge in [0.25, 0.3) is 0 Å². The van der Waals surface area contributed by atoms with Crippen molar-refractivity contribution in [1.82, 2.24) is 9.97 Å². The zero-order chi connectivity index (χ0) is 16.3. The van der Waals surface area contributed by atoms with Gasteiger partial charge in [0.1, 0.15) is 12.1 Å². The highest BCUT2D eigenvalue weighted by molar-refractivity contribution is 6.32. The Morgan fingerprint density at radius 1 is 0.625 bits per heavy atom. The van der Waals surface area contributed by atoms with E-state index in [1.54, 1.807) is 0 Å². The van der Waals surface area contributed by atoms with Gasteiger partial charge >= 0.3 is 0 Å². The van der Waals surface area contributed by atoms with E-state index in [1.807, 2.05) is 36.4 Å². The van der Waals surface area contributed by atoms with E-state index in [0.717, 1.165) is 32.3 Å². The zero-order valence-electron chi connectivity index (χ0n) is 12.4. The Kier molecular flexibility index (Phi) is 2.33. The van der Waals surface area contributed by atoms with Gasteiger partial charge in [0.15, 0.2) is 11.4 Å². The van der Waals surface area contributed by atoms with Crippen LogP contribution in [0.3, 0.4) is 0 Å². The molecule has 0 aliphatic heterocycles. The summed E-state index contributed by atoms with van der Waals surface area (Å²) < 4.78 is 0. The molecule has 4 nitrogen and oxygen atoms in total. The molecule has 4 aromatic carbocycles. The molecule has 0 saturated heterocycles. The van der Waals surface area contributed by atoms with Gasteiger partial charge in [0.05, 0.1) is 11.0 Å². The van der Waals surface area contributed by atoms with Gasteiger partial charge in [-0.05, 0) is 21.5 Å². The smallest absolute Gasteiger partial charge is 0.177 e. The van der Waals surface area contributed by atoms with E-state index in [0.29, 0.717) is 11.0 Å². The van der Waals surface area contributed by atoms with Crippen LogP contribution in [0.25, 0.3) is 43.4 Å². The quantitative estimate of drug-likeness (QED) is 0.316. The minimum atomic E-state index is 0.0693. The van der Waals surface area contributed by atoms with Crippen LogP contribution in [-0.4, -0.2) is 9.97 Å². The third kappa shape index (κ3) is 1.45. The maximum absolute atomic E-state index is 9.29. The van der Waals surface area contributed by atoms with E-state index in [2.05, 4.69) is 34.2 Å². The lowest BCUT2D eigenvalue weighted by atomic mass is 9.93. The van der Waals surface area contributed by atoms with Gasteiger partial charge in [-0.3, -0.25) is 0 Å². The van der Waals surface area contributed by atoms with Crippen LogP contribution in [0.2, 0.25) is 0 Å². The Balaban J connectivity index is 2.22. The summed E-state index contributed by atoms with van der Waals surface area (Å²) in [5.74, 6) is 0. The summed E-state index contributed by atoms with van der Waals surface area (Å²) in [5.41, 5.74) is 1.48. The van der Waals surface area contributed by atoms with Gasteiger partial charge < -0.3 is 0 Å². The highest BCUT2D eigenvalue weighted by atomic mass is 14.8. The van der Waals surface area contributed by atoms with Crippen LogP contribution in [0.1, 0.15) is 11.4 Å². The SMILES string of the molecule is N#Cc1nc2c3cccc4ccc5cccc(c2nc1C#N)c5c43. The molecule has 0 saturated carbocycles.